The van der Waals surface area contributed by atoms with Crippen molar-refractivity contribution in [2.24, 2.45) is 0 Å². The molecule has 0 aromatic heterocycles. The van der Waals surface area contributed by atoms with Gasteiger partial charge in [0, 0.05) is 72.2 Å². The number of carboxylic acid groups (broad SMARTS) is 1. The van der Waals surface area contributed by atoms with Crippen molar-refractivity contribution in [2.45, 2.75) is 137 Å². The third-order valence-electron chi connectivity index (χ3n) is 10.8. The second kappa shape index (κ2) is 22.7. The van der Waals surface area contributed by atoms with Gasteiger partial charge in [0.25, 0.3) is 0 Å². The molecule has 0 saturated carbocycles. The van der Waals surface area contributed by atoms with Crippen molar-refractivity contribution in [3.63, 3.8) is 0 Å². The molecule has 5 rings (SSSR count). The van der Waals surface area contributed by atoms with Gasteiger partial charge in [-0.25, -0.2) is 4.79 Å². The summed E-state index contributed by atoms with van der Waals surface area (Å²) in [7, 11) is 0. The van der Waals surface area contributed by atoms with E-state index in [9.17, 15) is 29.1 Å². The van der Waals surface area contributed by atoms with Gasteiger partial charge in [0.15, 0.2) is 11.9 Å². The first kappa shape index (κ1) is 43.9. The van der Waals surface area contributed by atoms with E-state index in [-0.39, 0.29) is 53.4 Å². The number of carbonyl (C=O) groups excluding carboxylic acids is 4. The molecule has 1 aromatic carbocycles. The summed E-state index contributed by atoms with van der Waals surface area (Å²) in [4.78, 5) is 61.6. The molecule has 314 valence electrons. The summed E-state index contributed by atoms with van der Waals surface area (Å²) in [5.41, 5.74) is 0.521. The molecule has 57 heavy (non-hydrogen) atoms. The lowest BCUT2D eigenvalue weighted by atomic mass is 10.0. The second-order valence-electron chi connectivity index (χ2n) is 15.3. The molecule has 1 unspecified atom stereocenters. The Kier molecular flexibility index (Phi) is 17.5. The molecule has 4 fully saturated rings. The Hall–Kier alpha value is -4.19. The van der Waals surface area contributed by atoms with E-state index in [1.165, 1.54) is 12.1 Å². The van der Waals surface area contributed by atoms with Crippen molar-refractivity contribution in [1.29, 1.82) is 10.8 Å². The summed E-state index contributed by atoms with van der Waals surface area (Å²) >= 11 is 3.86. The summed E-state index contributed by atoms with van der Waals surface area (Å²) < 4.78 is 0. The van der Waals surface area contributed by atoms with Crippen LogP contribution in [0.5, 0.6) is 0 Å². The molecule has 4 aliphatic rings. The predicted octanol–water partition coefficient (Wildman–Crippen LogP) is 3.70. The number of fused-ring (bicyclic) bond motifs is 2. The van der Waals surface area contributed by atoms with E-state index in [0.717, 1.165) is 75.7 Å². The lowest BCUT2D eigenvalue weighted by Gasteiger charge is -2.16. The maximum atomic E-state index is 12.6. The van der Waals surface area contributed by atoms with Crippen LogP contribution in [0.25, 0.3) is 0 Å². The van der Waals surface area contributed by atoms with Gasteiger partial charge >= 0.3 is 5.97 Å². The maximum Gasteiger partial charge on any atom is 0.335 e. The number of aromatic carboxylic acids is 1. The fraction of sp³-hybridized carbons (Fsp3) is 0.667. The minimum Gasteiger partial charge on any atom is -0.478 e. The smallest absolute Gasteiger partial charge is 0.335 e. The highest BCUT2D eigenvalue weighted by Gasteiger charge is 2.42. The molecule has 18 heteroatoms. The van der Waals surface area contributed by atoms with Gasteiger partial charge in [-0.15, -0.1) is 0 Å². The Morgan fingerprint density at radius 2 is 1.00 bits per heavy atom. The van der Waals surface area contributed by atoms with Crippen molar-refractivity contribution in [3.8, 4) is 0 Å². The van der Waals surface area contributed by atoms with Crippen LogP contribution in [-0.2, 0) is 19.2 Å². The normalized spacial score (nSPS) is 23.0. The van der Waals surface area contributed by atoms with Gasteiger partial charge in [0.2, 0.25) is 23.6 Å². The van der Waals surface area contributed by atoms with Crippen molar-refractivity contribution in [1.82, 2.24) is 31.9 Å². The predicted molar refractivity (Wildman–Crippen MR) is 226 cm³/mol. The number of rotatable bonds is 25. The average Bonchev–Trinajstić information content (AvgIpc) is 3.93. The van der Waals surface area contributed by atoms with Gasteiger partial charge in [-0.2, -0.15) is 23.5 Å². The minimum absolute atomic E-state index is 0.0348. The Labute approximate surface area is 343 Å². The van der Waals surface area contributed by atoms with Crippen molar-refractivity contribution < 1.29 is 29.1 Å². The molecule has 4 heterocycles. The SMILES string of the molecule is N=C1N[C@H]2[C@H](CS[C@H]2CCCCC(=O)NCCCCCC(=O)Nc2cc(NC(=O)CCCCCNC(=O)CCCCC3SC[C@@H]4NC(=N)N[C@H]34)cc(C(=O)O)c2)N1. The zero-order valence-electron chi connectivity index (χ0n) is 32.6. The maximum absolute atomic E-state index is 12.6. The van der Waals surface area contributed by atoms with Crippen molar-refractivity contribution >= 4 is 76.4 Å². The molecule has 1 aromatic rings. The molecular weight excluding hydrogens is 769 g/mol. The Balaban J connectivity index is 0.865. The van der Waals surface area contributed by atoms with Gasteiger partial charge in [-0.3, -0.25) is 30.0 Å². The van der Waals surface area contributed by atoms with Crippen LogP contribution in [0, 0.1) is 10.8 Å². The molecule has 0 bridgehead atoms. The van der Waals surface area contributed by atoms with Crippen molar-refractivity contribution in [2.75, 3.05) is 35.2 Å². The van der Waals surface area contributed by atoms with Crippen LogP contribution in [0.4, 0.5) is 11.4 Å². The van der Waals surface area contributed by atoms with Crippen molar-refractivity contribution in [3.05, 3.63) is 23.8 Å². The zero-order chi connectivity index (χ0) is 40.6. The standard InChI is InChI=1S/C39H60N10O6S2/c40-38-46-27-22-56-29(35(27)48-38)11-5-7-13-31(50)42-17-9-1-3-15-33(52)44-25-19-24(37(54)55)20-26(21-25)45-34(53)16-4-2-10-18-43-32(51)14-8-6-12-30-36-28(23-57-30)47-39(41)49-36/h19-21,27-30,35-36H,1-18,22-23H2,(H,42,50)(H,43,51)(H,44,52)(H,45,53)(H,54,55)(H3,40,46,48)(H3,41,47,49)/t27-,28-,29-,30?,35-,36-/m0/s1. The molecule has 16 nitrogen and oxygen atoms in total. The molecule has 4 saturated heterocycles. The average molecular weight is 829 g/mol. The van der Waals surface area contributed by atoms with E-state index >= 15 is 0 Å². The molecule has 0 aliphatic carbocycles. The van der Waals surface area contributed by atoms with Gasteiger partial charge in [-0.1, -0.05) is 25.7 Å². The highest BCUT2D eigenvalue weighted by atomic mass is 32.2. The molecule has 0 spiro atoms. The lowest BCUT2D eigenvalue weighted by Crippen LogP contribution is -2.36. The van der Waals surface area contributed by atoms with Crippen LogP contribution in [0.1, 0.15) is 113 Å². The third-order valence-corrected chi connectivity index (χ3v) is 13.8. The van der Waals surface area contributed by atoms with Gasteiger partial charge in [0.1, 0.15) is 0 Å². The third kappa shape index (κ3) is 14.6. The number of unbranched alkanes of at least 4 members (excludes halogenated alkanes) is 6. The van der Waals surface area contributed by atoms with E-state index < -0.39 is 5.97 Å². The van der Waals surface area contributed by atoms with Gasteiger partial charge < -0.3 is 47.6 Å². The second-order valence-corrected chi connectivity index (χ2v) is 17.9. The molecule has 11 N–H and O–H groups in total. The highest BCUT2D eigenvalue weighted by Crippen LogP contribution is 2.34. The minimum atomic E-state index is -1.18. The first-order valence-electron chi connectivity index (χ1n) is 20.5. The van der Waals surface area contributed by atoms with Crippen LogP contribution in [0.3, 0.4) is 0 Å². The molecular formula is C39H60N10O6S2. The number of hydrogen-bond donors (Lipinski definition) is 11. The number of hydrogen-bond acceptors (Lipinski definition) is 9. The highest BCUT2D eigenvalue weighted by molar-refractivity contribution is 8.00. The fourth-order valence-corrected chi connectivity index (χ4v) is 10.8. The molecule has 0 radical (unpaired) electrons. The monoisotopic (exact) mass is 828 g/mol. The number of nitrogens with one attached hydrogen (secondary N) is 10. The summed E-state index contributed by atoms with van der Waals surface area (Å²) in [5.74, 6) is 1.21. The number of guanidine groups is 2. The lowest BCUT2D eigenvalue weighted by molar-refractivity contribution is -0.122. The Morgan fingerprint density at radius 1 is 0.579 bits per heavy atom. The summed E-state index contributed by atoms with van der Waals surface area (Å²) in [6, 6.07) is 5.55. The van der Waals surface area contributed by atoms with Gasteiger partial charge in [-0.05, 0) is 69.6 Å². The van der Waals surface area contributed by atoms with E-state index in [1.807, 2.05) is 23.5 Å². The summed E-state index contributed by atoms with van der Waals surface area (Å²) in [5, 5.41) is 50.2. The number of anilines is 2. The van der Waals surface area contributed by atoms with Crippen LogP contribution < -0.4 is 42.5 Å². The number of benzene rings is 1. The van der Waals surface area contributed by atoms with E-state index in [2.05, 4.69) is 42.5 Å². The largest absolute Gasteiger partial charge is 0.478 e. The first-order chi connectivity index (χ1) is 27.5. The molecule has 4 amide bonds. The fourth-order valence-electron chi connectivity index (χ4n) is 7.76. The molecule has 4 aliphatic heterocycles. The quantitative estimate of drug-likeness (QED) is 0.0632. The zero-order valence-corrected chi connectivity index (χ0v) is 34.3. The summed E-state index contributed by atoms with van der Waals surface area (Å²) in [6.07, 6.45) is 11.3. The van der Waals surface area contributed by atoms with Crippen LogP contribution in [0.2, 0.25) is 0 Å². The molecule has 6 atom stereocenters. The number of carboxylic acids is 1. The number of carbonyl (C=O) groups is 5. The topological polar surface area (TPSA) is 250 Å². The van der Waals surface area contributed by atoms with E-state index in [4.69, 9.17) is 10.8 Å². The summed E-state index contributed by atoms with van der Waals surface area (Å²) in [6.45, 7) is 1.10. The van der Waals surface area contributed by atoms with Crippen LogP contribution in [-0.4, -0.2) is 106 Å². The van der Waals surface area contributed by atoms with Gasteiger partial charge in [0.05, 0.1) is 29.7 Å². The Bertz CT molecular complexity index is 1500. The van der Waals surface area contributed by atoms with E-state index in [1.54, 1.807) is 6.07 Å². The van der Waals surface area contributed by atoms with Crippen LogP contribution in [0.15, 0.2) is 18.2 Å². The first-order valence-corrected chi connectivity index (χ1v) is 22.6. The van der Waals surface area contributed by atoms with Crippen LogP contribution >= 0.6 is 23.5 Å². The van der Waals surface area contributed by atoms with E-state index in [0.29, 0.717) is 85.4 Å². The Morgan fingerprint density at radius 3 is 1.44 bits per heavy atom. The number of amides is 4. The number of thioether (sulfide) groups is 2.